The standard InChI is InChI=1S/C16H18N2O4/c1-2-13(19)17-14-11-5-3-4-6-12(11)22-15(14)16(20)18-7-9-21-10-8-18/h3-6H,2,7-10H2,1H3,(H,17,19). The molecule has 2 heterocycles. The molecule has 0 saturated carbocycles. The number of fused-ring (bicyclic) bond motifs is 1. The van der Waals surface area contributed by atoms with Crippen molar-refractivity contribution in [2.45, 2.75) is 13.3 Å². The molecular formula is C16H18N2O4. The predicted octanol–water partition coefficient (Wildman–Crippen LogP) is 2.25. The van der Waals surface area contributed by atoms with E-state index in [1.807, 2.05) is 18.2 Å². The number of para-hydroxylation sites is 1. The average molecular weight is 302 g/mol. The SMILES string of the molecule is CCC(=O)Nc1c(C(=O)N2CCOCC2)oc2ccccc12. The minimum Gasteiger partial charge on any atom is -0.449 e. The maximum Gasteiger partial charge on any atom is 0.291 e. The highest BCUT2D eigenvalue weighted by Crippen LogP contribution is 2.32. The van der Waals surface area contributed by atoms with Crippen LogP contribution in [-0.2, 0) is 9.53 Å². The van der Waals surface area contributed by atoms with Crippen molar-refractivity contribution < 1.29 is 18.7 Å². The number of hydrogen-bond donors (Lipinski definition) is 1. The number of rotatable bonds is 3. The van der Waals surface area contributed by atoms with E-state index in [4.69, 9.17) is 9.15 Å². The fourth-order valence-corrected chi connectivity index (χ4v) is 2.46. The number of anilines is 1. The molecule has 1 aromatic carbocycles. The van der Waals surface area contributed by atoms with Gasteiger partial charge in [0.25, 0.3) is 5.91 Å². The van der Waals surface area contributed by atoms with E-state index in [-0.39, 0.29) is 17.6 Å². The molecule has 2 aromatic rings. The van der Waals surface area contributed by atoms with E-state index >= 15 is 0 Å². The number of carbonyl (C=O) groups excluding carboxylic acids is 2. The molecule has 6 heteroatoms. The van der Waals surface area contributed by atoms with Gasteiger partial charge in [-0.3, -0.25) is 9.59 Å². The van der Waals surface area contributed by atoms with Crippen molar-refractivity contribution >= 4 is 28.5 Å². The molecule has 1 aromatic heterocycles. The first-order chi connectivity index (χ1) is 10.7. The highest BCUT2D eigenvalue weighted by Gasteiger charge is 2.27. The molecule has 1 fully saturated rings. The molecular weight excluding hydrogens is 284 g/mol. The summed E-state index contributed by atoms with van der Waals surface area (Å²) in [5.74, 6) is -0.182. The predicted molar refractivity (Wildman–Crippen MR) is 81.9 cm³/mol. The third kappa shape index (κ3) is 2.69. The Hall–Kier alpha value is -2.34. The van der Waals surface area contributed by atoms with Gasteiger partial charge in [-0.05, 0) is 12.1 Å². The van der Waals surface area contributed by atoms with Crippen LogP contribution in [0, 0.1) is 0 Å². The summed E-state index contributed by atoms with van der Waals surface area (Å²) < 4.78 is 11.0. The third-order valence-corrected chi connectivity index (χ3v) is 3.67. The Balaban J connectivity index is 2.01. The first-order valence-electron chi connectivity index (χ1n) is 7.39. The molecule has 1 aliphatic heterocycles. The summed E-state index contributed by atoms with van der Waals surface area (Å²) in [6, 6.07) is 7.30. The second-order valence-corrected chi connectivity index (χ2v) is 5.11. The lowest BCUT2D eigenvalue weighted by Crippen LogP contribution is -2.40. The van der Waals surface area contributed by atoms with Gasteiger partial charge in [0, 0.05) is 24.9 Å². The van der Waals surface area contributed by atoms with E-state index in [9.17, 15) is 9.59 Å². The summed E-state index contributed by atoms with van der Waals surface area (Å²) >= 11 is 0. The van der Waals surface area contributed by atoms with Crippen LogP contribution in [0.1, 0.15) is 23.9 Å². The van der Waals surface area contributed by atoms with Crippen molar-refractivity contribution in [3.05, 3.63) is 30.0 Å². The number of hydrogen-bond acceptors (Lipinski definition) is 4. The second-order valence-electron chi connectivity index (χ2n) is 5.11. The molecule has 0 bridgehead atoms. The molecule has 6 nitrogen and oxygen atoms in total. The van der Waals surface area contributed by atoms with Crippen LogP contribution in [0.4, 0.5) is 5.69 Å². The Morgan fingerprint density at radius 3 is 2.68 bits per heavy atom. The average Bonchev–Trinajstić information content (AvgIpc) is 2.93. The Morgan fingerprint density at radius 2 is 1.95 bits per heavy atom. The molecule has 0 radical (unpaired) electrons. The quantitative estimate of drug-likeness (QED) is 0.944. The van der Waals surface area contributed by atoms with Gasteiger partial charge in [0.2, 0.25) is 11.7 Å². The van der Waals surface area contributed by atoms with Crippen molar-refractivity contribution in [1.29, 1.82) is 0 Å². The molecule has 0 aliphatic carbocycles. The molecule has 0 unspecified atom stereocenters. The number of nitrogens with zero attached hydrogens (tertiary/aromatic N) is 1. The van der Waals surface area contributed by atoms with Crippen molar-refractivity contribution in [2.75, 3.05) is 31.6 Å². The fraction of sp³-hybridized carbons (Fsp3) is 0.375. The molecule has 3 rings (SSSR count). The number of nitrogens with one attached hydrogen (secondary N) is 1. The third-order valence-electron chi connectivity index (χ3n) is 3.67. The lowest BCUT2D eigenvalue weighted by Gasteiger charge is -2.26. The van der Waals surface area contributed by atoms with Crippen LogP contribution in [-0.4, -0.2) is 43.0 Å². The van der Waals surface area contributed by atoms with Gasteiger partial charge in [-0.2, -0.15) is 0 Å². The fourth-order valence-electron chi connectivity index (χ4n) is 2.46. The number of furan rings is 1. The monoisotopic (exact) mass is 302 g/mol. The summed E-state index contributed by atoms with van der Waals surface area (Å²) in [7, 11) is 0. The summed E-state index contributed by atoms with van der Waals surface area (Å²) in [6.45, 7) is 3.85. The maximum absolute atomic E-state index is 12.7. The molecule has 2 amide bonds. The number of morpholine rings is 1. The van der Waals surface area contributed by atoms with Gasteiger partial charge in [0.1, 0.15) is 11.3 Å². The Labute approximate surface area is 128 Å². The molecule has 0 spiro atoms. The van der Waals surface area contributed by atoms with Gasteiger partial charge in [0.15, 0.2) is 0 Å². The van der Waals surface area contributed by atoms with E-state index in [1.54, 1.807) is 17.9 Å². The Kier molecular flexibility index (Phi) is 4.11. The van der Waals surface area contributed by atoms with Gasteiger partial charge in [-0.15, -0.1) is 0 Å². The zero-order chi connectivity index (χ0) is 15.5. The smallest absolute Gasteiger partial charge is 0.291 e. The van der Waals surface area contributed by atoms with E-state index in [1.165, 1.54) is 0 Å². The molecule has 22 heavy (non-hydrogen) atoms. The van der Waals surface area contributed by atoms with Crippen LogP contribution in [0.3, 0.4) is 0 Å². The van der Waals surface area contributed by atoms with E-state index in [2.05, 4.69) is 5.32 Å². The van der Waals surface area contributed by atoms with Crippen LogP contribution < -0.4 is 5.32 Å². The van der Waals surface area contributed by atoms with Crippen molar-refractivity contribution in [2.24, 2.45) is 0 Å². The highest BCUT2D eigenvalue weighted by molar-refractivity contribution is 6.10. The van der Waals surface area contributed by atoms with Crippen LogP contribution in [0.25, 0.3) is 11.0 Å². The number of benzene rings is 1. The Bertz CT molecular complexity index is 701. The summed E-state index contributed by atoms with van der Waals surface area (Å²) in [6.07, 6.45) is 0.338. The van der Waals surface area contributed by atoms with Crippen LogP contribution in [0.2, 0.25) is 0 Å². The topological polar surface area (TPSA) is 71.8 Å². The van der Waals surface area contributed by atoms with Gasteiger partial charge < -0.3 is 19.4 Å². The van der Waals surface area contributed by atoms with Gasteiger partial charge in [-0.25, -0.2) is 0 Å². The maximum atomic E-state index is 12.7. The lowest BCUT2D eigenvalue weighted by molar-refractivity contribution is -0.115. The van der Waals surface area contributed by atoms with Crippen LogP contribution in [0.5, 0.6) is 0 Å². The van der Waals surface area contributed by atoms with Gasteiger partial charge >= 0.3 is 0 Å². The minimum absolute atomic E-state index is 0.150. The van der Waals surface area contributed by atoms with Crippen molar-refractivity contribution in [3.8, 4) is 0 Å². The van der Waals surface area contributed by atoms with Crippen molar-refractivity contribution in [3.63, 3.8) is 0 Å². The summed E-state index contributed by atoms with van der Waals surface area (Å²) in [5, 5.41) is 3.53. The lowest BCUT2D eigenvalue weighted by atomic mass is 10.2. The normalized spacial score (nSPS) is 15.0. The van der Waals surface area contributed by atoms with E-state index in [0.717, 1.165) is 5.39 Å². The van der Waals surface area contributed by atoms with E-state index in [0.29, 0.717) is 44.0 Å². The van der Waals surface area contributed by atoms with Gasteiger partial charge in [-0.1, -0.05) is 19.1 Å². The van der Waals surface area contributed by atoms with Gasteiger partial charge in [0.05, 0.1) is 13.2 Å². The number of carbonyl (C=O) groups is 2. The zero-order valence-corrected chi connectivity index (χ0v) is 12.4. The summed E-state index contributed by atoms with van der Waals surface area (Å²) in [4.78, 5) is 26.1. The molecule has 1 saturated heterocycles. The minimum atomic E-state index is -0.217. The highest BCUT2D eigenvalue weighted by atomic mass is 16.5. The number of ether oxygens (including phenoxy) is 1. The van der Waals surface area contributed by atoms with E-state index < -0.39 is 0 Å². The molecule has 116 valence electrons. The summed E-state index contributed by atoms with van der Waals surface area (Å²) in [5.41, 5.74) is 1.05. The first-order valence-corrected chi connectivity index (χ1v) is 7.39. The first kappa shape index (κ1) is 14.6. The largest absolute Gasteiger partial charge is 0.449 e. The Morgan fingerprint density at radius 1 is 1.23 bits per heavy atom. The molecule has 0 atom stereocenters. The molecule has 1 N–H and O–H groups in total. The number of amides is 2. The van der Waals surface area contributed by atoms with Crippen LogP contribution in [0.15, 0.2) is 28.7 Å². The zero-order valence-electron chi connectivity index (χ0n) is 12.4. The molecule has 1 aliphatic rings. The van der Waals surface area contributed by atoms with Crippen LogP contribution >= 0.6 is 0 Å². The van der Waals surface area contributed by atoms with Crippen molar-refractivity contribution in [1.82, 2.24) is 4.90 Å². The second kappa shape index (κ2) is 6.19.